The minimum Gasteiger partial charge on any atom is -0.338 e. The Morgan fingerprint density at radius 2 is 2.00 bits per heavy atom. The number of carbonyl (C=O) groups excluding carboxylic acids is 1. The van der Waals surface area contributed by atoms with Gasteiger partial charge < -0.3 is 10.6 Å². The molecule has 1 unspecified atom stereocenters. The van der Waals surface area contributed by atoms with E-state index in [-0.39, 0.29) is 29.8 Å². The number of hydrogen-bond acceptors (Lipinski definition) is 5. The highest BCUT2D eigenvalue weighted by molar-refractivity contribution is 7.89. The van der Waals surface area contributed by atoms with Crippen LogP contribution in [0.2, 0.25) is 0 Å². The lowest BCUT2D eigenvalue weighted by molar-refractivity contribution is 0.0787. The Bertz CT molecular complexity index is 823. The number of likely N-dealkylation sites (tertiary alicyclic amines) is 1. The first-order valence-electron chi connectivity index (χ1n) is 8.11. The third-order valence-corrected chi connectivity index (χ3v) is 6.63. The molecule has 1 atom stereocenters. The van der Waals surface area contributed by atoms with Crippen molar-refractivity contribution in [2.24, 2.45) is 11.7 Å². The van der Waals surface area contributed by atoms with Gasteiger partial charge in [0.25, 0.3) is 5.91 Å². The first kappa shape index (κ1) is 20.9. The lowest BCUT2D eigenvalue weighted by Gasteiger charge is -2.16. The largest absolute Gasteiger partial charge is 0.338 e. The van der Waals surface area contributed by atoms with Crippen LogP contribution in [0.15, 0.2) is 46.7 Å². The predicted octanol–water partition coefficient (Wildman–Crippen LogP) is 2.07. The molecule has 1 aliphatic rings. The normalized spacial score (nSPS) is 17.1. The topological polar surface area (TPSA) is 92.5 Å². The van der Waals surface area contributed by atoms with E-state index >= 15 is 0 Å². The first-order valence-corrected chi connectivity index (χ1v) is 10.5. The van der Waals surface area contributed by atoms with Crippen molar-refractivity contribution in [3.8, 4) is 0 Å². The van der Waals surface area contributed by atoms with Crippen molar-refractivity contribution >= 4 is 39.7 Å². The fraction of sp³-hybridized carbons (Fsp3) is 0.353. The Balaban J connectivity index is 0.00000243. The molecule has 6 nitrogen and oxygen atoms in total. The maximum Gasteiger partial charge on any atom is 0.253 e. The quantitative estimate of drug-likeness (QED) is 0.755. The molecule has 3 N–H and O–H groups in total. The van der Waals surface area contributed by atoms with Crippen LogP contribution in [0, 0.1) is 5.92 Å². The number of benzene rings is 1. The van der Waals surface area contributed by atoms with Crippen molar-refractivity contribution < 1.29 is 13.2 Å². The molecule has 1 aromatic carbocycles. The maximum atomic E-state index is 12.5. The van der Waals surface area contributed by atoms with Gasteiger partial charge in [-0.25, -0.2) is 13.1 Å². The van der Waals surface area contributed by atoms with Crippen LogP contribution in [-0.2, 0) is 16.6 Å². The molecule has 1 fully saturated rings. The van der Waals surface area contributed by atoms with E-state index < -0.39 is 10.0 Å². The number of sulfonamides is 1. The number of carbonyl (C=O) groups is 1. The SMILES string of the molecule is Cl.NCC1CCN(C(=O)c2ccc(S(=O)(=O)NCc3cccs3)cc2)C1. The Kier molecular flexibility index (Phi) is 7.19. The fourth-order valence-corrected chi connectivity index (χ4v) is 4.57. The van der Waals surface area contributed by atoms with Crippen molar-refractivity contribution in [3.63, 3.8) is 0 Å². The van der Waals surface area contributed by atoms with Gasteiger partial charge in [0.05, 0.1) is 4.90 Å². The number of hydrogen-bond donors (Lipinski definition) is 2. The highest BCUT2D eigenvalue weighted by Gasteiger charge is 2.26. The van der Waals surface area contributed by atoms with E-state index in [1.54, 1.807) is 17.0 Å². The van der Waals surface area contributed by atoms with Gasteiger partial charge in [-0.1, -0.05) is 6.07 Å². The highest BCUT2D eigenvalue weighted by Crippen LogP contribution is 2.19. The molecule has 0 saturated carbocycles. The van der Waals surface area contributed by atoms with Crippen LogP contribution in [0.3, 0.4) is 0 Å². The molecule has 2 heterocycles. The number of nitrogens with one attached hydrogen (secondary N) is 1. The minimum absolute atomic E-state index is 0. The van der Waals surface area contributed by atoms with Gasteiger partial charge in [-0.3, -0.25) is 4.79 Å². The second-order valence-corrected chi connectivity index (χ2v) is 8.87. The summed E-state index contributed by atoms with van der Waals surface area (Å²) in [6.45, 7) is 2.20. The first-order chi connectivity index (χ1) is 12.0. The molecule has 1 saturated heterocycles. The monoisotopic (exact) mass is 415 g/mol. The summed E-state index contributed by atoms with van der Waals surface area (Å²) in [4.78, 5) is 15.3. The summed E-state index contributed by atoms with van der Waals surface area (Å²) in [5.74, 6) is 0.275. The van der Waals surface area contributed by atoms with E-state index in [1.807, 2.05) is 17.5 Å². The van der Waals surface area contributed by atoms with Crippen molar-refractivity contribution in [2.75, 3.05) is 19.6 Å². The Hall–Kier alpha value is -1.45. The summed E-state index contributed by atoms with van der Waals surface area (Å²) in [6.07, 6.45) is 0.918. The summed E-state index contributed by atoms with van der Waals surface area (Å²) in [6, 6.07) is 9.83. The molecule has 26 heavy (non-hydrogen) atoms. The third kappa shape index (κ3) is 4.83. The van der Waals surface area contributed by atoms with E-state index in [9.17, 15) is 13.2 Å². The predicted molar refractivity (Wildman–Crippen MR) is 105 cm³/mol. The molecule has 142 valence electrons. The number of nitrogens with zero attached hydrogens (tertiary/aromatic N) is 1. The average Bonchev–Trinajstić information content (AvgIpc) is 3.31. The summed E-state index contributed by atoms with van der Waals surface area (Å²) in [5.41, 5.74) is 6.15. The molecule has 0 spiro atoms. The van der Waals surface area contributed by atoms with Gasteiger partial charge in [0, 0.05) is 30.1 Å². The van der Waals surface area contributed by atoms with Gasteiger partial charge in [0.2, 0.25) is 10.0 Å². The summed E-state index contributed by atoms with van der Waals surface area (Å²) < 4.78 is 27.2. The Labute approximate surface area is 163 Å². The molecular weight excluding hydrogens is 394 g/mol. The molecule has 0 bridgehead atoms. The summed E-state index contributed by atoms with van der Waals surface area (Å²) in [5, 5.41) is 1.90. The maximum absolute atomic E-state index is 12.5. The van der Waals surface area contributed by atoms with E-state index in [0.717, 1.165) is 11.3 Å². The van der Waals surface area contributed by atoms with Gasteiger partial charge in [0.1, 0.15) is 0 Å². The summed E-state index contributed by atoms with van der Waals surface area (Å²) in [7, 11) is -3.60. The standard InChI is InChI=1S/C17H21N3O3S2.ClH/c18-10-13-7-8-20(12-13)17(21)14-3-5-16(6-4-14)25(22,23)19-11-15-2-1-9-24-15;/h1-6,9,13,19H,7-8,10-12,18H2;1H. The second-order valence-electron chi connectivity index (χ2n) is 6.07. The fourth-order valence-electron chi connectivity index (χ4n) is 2.83. The van der Waals surface area contributed by atoms with Crippen molar-refractivity contribution in [3.05, 3.63) is 52.2 Å². The Morgan fingerprint density at radius 1 is 1.27 bits per heavy atom. The molecule has 1 aromatic heterocycles. The smallest absolute Gasteiger partial charge is 0.253 e. The number of amides is 1. The van der Waals surface area contributed by atoms with Crippen LogP contribution in [-0.4, -0.2) is 38.9 Å². The van der Waals surface area contributed by atoms with Crippen molar-refractivity contribution in [2.45, 2.75) is 17.9 Å². The summed E-state index contributed by atoms with van der Waals surface area (Å²) >= 11 is 1.50. The molecule has 3 rings (SSSR count). The van der Waals surface area contributed by atoms with Crippen LogP contribution >= 0.6 is 23.7 Å². The molecule has 0 radical (unpaired) electrons. The third-order valence-electron chi connectivity index (χ3n) is 4.33. The Morgan fingerprint density at radius 3 is 2.58 bits per heavy atom. The van der Waals surface area contributed by atoms with E-state index in [0.29, 0.717) is 31.1 Å². The van der Waals surface area contributed by atoms with Crippen LogP contribution in [0.25, 0.3) is 0 Å². The number of nitrogens with two attached hydrogens (primary N) is 1. The average molecular weight is 416 g/mol. The van der Waals surface area contributed by atoms with Crippen LogP contribution in [0.4, 0.5) is 0 Å². The lowest BCUT2D eigenvalue weighted by atomic mass is 10.1. The van der Waals surface area contributed by atoms with Gasteiger partial charge in [-0.2, -0.15) is 0 Å². The molecular formula is C17H22ClN3O3S2. The number of rotatable bonds is 6. The van der Waals surface area contributed by atoms with Crippen LogP contribution < -0.4 is 10.5 Å². The van der Waals surface area contributed by atoms with Crippen LogP contribution in [0.5, 0.6) is 0 Å². The van der Waals surface area contributed by atoms with Gasteiger partial charge >= 0.3 is 0 Å². The zero-order valence-electron chi connectivity index (χ0n) is 14.1. The van der Waals surface area contributed by atoms with Gasteiger partial charge in [0.15, 0.2) is 0 Å². The van der Waals surface area contributed by atoms with Gasteiger partial charge in [-0.05, 0) is 54.6 Å². The number of thiophene rings is 1. The molecule has 9 heteroatoms. The zero-order valence-corrected chi connectivity index (χ0v) is 16.6. The van der Waals surface area contributed by atoms with Crippen molar-refractivity contribution in [1.29, 1.82) is 0 Å². The molecule has 1 amide bonds. The van der Waals surface area contributed by atoms with E-state index in [1.165, 1.54) is 23.5 Å². The number of halogens is 1. The van der Waals surface area contributed by atoms with E-state index in [4.69, 9.17) is 5.73 Å². The second kappa shape index (κ2) is 8.96. The van der Waals surface area contributed by atoms with Gasteiger partial charge in [-0.15, -0.1) is 23.7 Å². The molecule has 2 aromatic rings. The molecule has 0 aliphatic carbocycles. The van der Waals surface area contributed by atoms with Crippen molar-refractivity contribution in [1.82, 2.24) is 9.62 Å². The molecule has 1 aliphatic heterocycles. The lowest BCUT2D eigenvalue weighted by Crippen LogP contribution is -2.30. The zero-order chi connectivity index (χ0) is 17.9. The highest BCUT2D eigenvalue weighted by atomic mass is 35.5. The van der Waals surface area contributed by atoms with E-state index in [2.05, 4.69) is 4.72 Å². The van der Waals surface area contributed by atoms with Crippen LogP contribution in [0.1, 0.15) is 21.7 Å². The minimum atomic E-state index is -3.60.